The van der Waals surface area contributed by atoms with Crippen molar-refractivity contribution in [2.75, 3.05) is 20.7 Å². The summed E-state index contributed by atoms with van der Waals surface area (Å²) in [7, 11) is 2.91. The van der Waals surface area contributed by atoms with Crippen LogP contribution in [0.4, 0.5) is 0 Å². The third-order valence-corrected chi connectivity index (χ3v) is 3.63. The molecule has 0 saturated heterocycles. The Morgan fingerprint density at radius 1 is 1.47 bits per heavy atom. The lowest BCUT2D eigenvalue weighted by molar-refractivity contribution is -0.141. The van der Waals surface area contributed by atoms with Crippen molar-refractivity contribution in [3.05, 3.63) is 21.4 Å². The molecule has 0 aliphatic rings. The lowest BCUT2D eigenvalue weighted by atomic mass is 10.2. The van der Waals surface area contributed by atoms with Gasteiger partial charge in [0, 0.05) is 11.9 Å². The number of hydrogen-bond acceptors (Lipinski definition) is 4. The first-order chi connectivity index (χ1) is 7.99. The van der Waals surface area contributed by atoms with Crippen LogP contribution in [0.5, 0.6) is 0 Å². The van der Waals surface area contributed by atoms with E-state index >= 15 is 0 Å². The van der Waals surface area contributed by atoms with E-state index in [2.05, 4.69) is 11.7 Å². The summed E-state index contributed by atoms with van der Waals surface area (Å²) in [5, 5.41) is 0. The second-order valence-electron chi connectivity index (χ2n) is 3.78. The van der Waals surface area contributed by atoms with Crippen LogP contribution in [0.3, 0.4) is 0 Å². The average Bonchev–Trinajstić information content (AvgIpc) is 2.69. The predicted octanol–water partition coefficient (Wildman–Crippen LogP) is 1.86. The zero-order chi connectivity index (χ0) is 13.0. The van der Waals surface area contributed by atoms with E-state index in [1.807, 2.05) is 13.0 Å². The average molecular weight is 255 g/mol. The molecule has 5 heteroatoms. The van der Waals surface area contributed by atoms with Crippen molar-refractivity contribution in [3.63, 3.8) is 0 Å². The molecule has 94 valence electrons. The summed E-state index contributed by atoms with van der Waals surface area (Å²) < 4.78 is 4.53. The molecule has 0 bridgehead atoms. The number of aryl methyl sites for hydroxylation is 2. The summed E-state index contributed by atoms with van der Waals surface area (Å²) in [6.45, 7) is 4.04. The molecule has 0 fully saturated rings. The predicted molar refractivity (Wildman–Crippen MR) is 67.4 cm³/mol. The van der Waals surface area contributed by atoms with E-state index in [4.69, 9.17) is 0 Å². The molecule has 1 amide bonds. The number of likely N-dealkylation sites (N-methyl/N-ethyl adjacent to an activating group) is 1. The molecule has 0 aromatic carbocycles. The van der Waals surface area contributed by atoms with Gasteiger partial charge in [-0.3, -0.25) is 9.59 Å². The number of carbonyl (C=O) groups excluding carboxylic acids is 2. The van der Waals surface area contributed by atoms with Crippen LogP contribution >= 0.6 is 11.3 Å². The maximum Gasteiger partial charge on any atom is 0.325 e. The third kappa shape index (κ3) is 3.30. The molecular formula is C12H17NO3S. The zero-order valence-electron chi connectivity index (χ0n) is 10.6. The molecule has 0 saturated carbocycles. The summed E-state index contributed by atoms with van der Waals surface area (Å²) in [4.78, 5) is 26.3. The molecule has 0 unspecified atom stereocenters. The maximum absolute atomic E-state index is 12.0. The standard InChI is InChI=1S/C12H17NO3S/c1-5-9-6-10(17-8(9)2)12(15)13(3)7-11(14)16-4/h6H,5,7H2,1-4H3. The van der Waals surface area contributed by atoms with Crippen LogP contribution in [0.25, 0.3) is 0 Å². The first-order valence-electron chi connectivity index (χ1n) is 5.41. The number of carbonyl (C=O) groups is 2. The molecule has 4 nitrogen and oxygen atoms in total. The summed E-state index contributed by atoms with van der Waals surface area (Å²) >= 11 is 1.47. The molecule has 1 heterocycles. The molecule has 0 radical (unpaired) electrons. The van der Waals surface area contributed by atoms with Gasteiger partial charge in [0.1, 0.15) is 6.54 Å². The van der Waals surface area contributed by atoms with Gasteiger partial charge in [-0.2, -0.15) is 0 Å². The van der Waals surface area contributed by atoms with Gasteiger partial charge in [-0.15, -0.1) is 11.3 Å². The van der Waals surface area contributed by atoms with Crippen LogP contribution in [-0.4, -0.2) is 37.5 Å². The highest BCUT2D eigenvalue weighted by atomic mass is 32.1. The van der Waals surface area contributed by atoms with Crippen molar-refractivity contribution >= 4 is 23.2 Å². The van der Waals surface area contributed by atoms with Gasteiger partial charge in [0.2, 0.25) is 0 Å². The van der Waals surface area contributed by atoms with Gasteiger partial charge in [0.25, 0.3) is 5.91 Å². The molecule has 0 N–H and O–H groups in total. The lowest BCUT2D eigenvalue weighted by Gasteiger charge is -2.14. The van der Waals surface area contributed by atoms with Crippen molar-refractivity contribution in [1.82, 2.24) is 4.90 Å². The number of esters is 1. The molecule has 0 aliphatic heterocycles. The highest BCUT2D eigenvalue weighted by Gasteiger charge is 2.18. The van der Waals surface area contributed by atoms with Crippen LogP contribution in [0.2, 0.25) is 0 Å². The number of thiophene rings is 1. The first-order valence-corrected chi connectivity index (χ1v) is 6.22. The van der Waals surface area contributed by atoms with Gasteiger partial charge in [0.05, 0.1) is 12.0 Å². The highest BCUT2D eigenvalue weighted by Crippen LogP contribution is 2.23. The Morgan fingerprint density at radius 2 is 2.12 bits per heavy atom. The minimum Gasteiger partial charge on any atom is -0.468 e. The minimum atomic E-state index is -0.412. The van der Waals surface area contributed by atoms with E-state index in [1.54, 1.807) is 7.05 Å². The van der Waals surface area contributed by atoms with E-state index in [9.17, 15) is 9.59 Å². The van der Waals surface area contributed by atoms with E-state index in [1.165, 1.54) is 28.9 Å². The van der Waals surface area contributed by atoms with Crippen LogP contribution in [0.1, 0.15) is 27.0 Å². The third-order valence-electron chi connectivity index (χ3n) is 2.55. The minimum absolute atomic E-state index is 0.0201. The van der Waals surface area contributed by atoms with Gasteiger partial charge in [-0.05, 0) is 25.0 Å². The number of nitrogens with zero attached hydrogens (tertiary/aromatic N) is 1. The Bertz CT molecular complexity index is 425. The highest BCUT2D eigenvalue weighted by molar-refractivity contribution is 7.14. The number of amides is 1. The molecule has 0 spiro atoms. The summed E-state index contributed by atoms with van der Waals surface area (Å²) in [5.74, 6) is -0.548. The van der Waals surface area contributed by atoms with Gasteiger partial charge < -0.3 is 9.64 Å². The fourth-order valence-electron chi connectivity index (χ4n) is 1.49. The topological polar surface area (TPSA) is 46.6 Å². The van der Waals surface area contributed by atoms with Crippen molar-refractivity contribution in [2.45, 2.75) is 20.3 Å². The first kappa shape index (κ1) is 13.7. The fraction of sp³-hybridized carbons (Fsp3) is 0.500. The van der Waals surface area contributed by atoms with Crippen LogP contribution in [0, 0.1) is 6.92 Å². The SMILES string of the molecule is CCc1cc(C(=O)N(C)CC(=O)OC)sc1C. The van der Waals surface area contributed by atoms with Gasteiger partial charge >= 0.3 is 5.97 Å². The quantitative estimate of drug-likeness (QED) is 0.772. The Morgan fingerprint density at radius 3 is 2.59 bits per heavy atom. The number of hydrogen-bond donors (Lipinski definition) is 0. The lowest BCUT2D eigenvalue weighted by Crippen LogP contribution is -2.32. The smallest absolute Gasteiger partial charge is 0.325 e. The summed E-state index contributed by atoms with van der Waals surface area (Å²) in [5.41, 5.74) is 1.19. The van der Waals surface area contributed by atoms with E-state index in [-0.39, 0.29) is 12.5 Å². The van der Waals surface area contributed by atoms with Gasteiger partial charge in [-0.25, -0.2) is 0 Å². The van der Waals surface area contributed by atoms with E-state index in [0.717, 1.165) is 11.3 Å². The second kappa shape index (κ2) is 5.82. The molecule has 1 aromatic rings. The van der Waals surface area contributed by atoms with Crippen molar-refractivity contribution in [2.24, 2.45) is 0 Å². The van der Waals surface area contributed by atoms with Gasteiger partial charge in [0.15, 0.2) is 0 Å². The normalized spacial score (nSPS) is 10.1. The summed E-state index contributed by atoms with van der Waals surface area (Å²) in [6.07, 6.45) is 0.913. The molecule has 1 rings (SSSR count). The zero-order valence-corrected chi connectivity index (χ0v) is 11.4. The maximum atomic E-state index is 12.0. The molecule has 0 atom stereocenters. The fourth-order valence-corrected chi connectivity index (χ4v) is 2.60. The van der Waals surface area contributed by atoms with Crippen molar-refractivity contribution in [1.29, 1.82) is 0 Å². The number of rotatable bonds is 4. The van der Waals surface area contributed by atoms with Gasteiger partial charge in [-0.1, -0.05) is 6.92 Å². The molecule has 17 heavy (non-hydrogen) atoms. The number of ether oxygens (including phenoxy) is 1. The van der Waals surface area contributed by atoms with E-state index in [0.29, 0.717) is 4.88 Å². The monoisotopic (exact) mass is 255 g/mol. The second-order valence-corrected chi connectivity index (χ2v) is 5.04. The Hall–Kier alpha value is -1.36. The van der Waals surface area contributed by atoms with Crippen LogP contribution in [-0.2, 0) is 16.0 Å². The van der Waals surface area contributed by atoms with E-state index < -0.39 is 5.97 Å². The van der Waals surface area contributed by atoms with Crippen LogP contribution < -0.4 is 0 Å². The molecular weight excluding hydrogens is 238 g/mol. The molecule has 1 aromatic heterocycles. The van der Waals surface area contributed by atoms with Crippen molar-refractivity contribution < 1.29 is 14.3 Å². The Kier molecular flexibility index (Phi) is 4.69. The largest absolute Gasteiger partial charge is 0.468 e. The summed E-state index contributed by atoms with van der Waals surface area (Å²) in [6, 6.07) is 1.90. The Labute approximate surface area is 105 Å². The Balaban J connectivity index is 2.78. The number of methoxy groups -OCH3 is 1. The van der Waals surface area contributed by atoms with Crippen LogP contribution in [0.15, 0.2) is 6.07 Å². The molecule has 0 aliphatic carbocycles. The van der Waals surface area contributed by atoms with Crippen molar-refractivity contribution in [3.8, 4) is 0 Å².